The van der Waals surface area contributed by atoms with Crippen molar-refractivity contribution in [1.82, 2.24) is 15.3 Å². The zero-order chi connectivity index (χ0) is 17.2. The number of carbonyl (C=O) groups is 1. The second kappa shape index (κ2) is 7.30. The van der Waals surface area contributed by atoms with Crippen LogP contribution in [0.1, 0.15) is 44.3 Å². The maximum atomic E-state index is 12.4. The highest BCUT2D eigenvalue weighted by Crippen LogP contribution is 2.40. The number of para-hydroxylation sites is 1. The molecule has 2 fully saturated rings. The van der Waals surface area contributed by atoms with Crippen LogP contribution in [-0.4, -0.2) is 40.4 Å². The molecule has 5 nitrogen and oxygen atoms in total. The minimum atomic E-state index is -0.202. The summed E-state index contributed by atoms with van der Waals surface area (Å²) in [4.78, 5) is 21.9. The van der Waals surface area contributed by atoms with Crippen LogP contribution in [0.15, 0.2) is 29.3 Å². The van der Waals surface area contributed by atoms with Gasteiger partial charge in [0.1, 0.15) is 10.9 Å². The summed E-state index contributed by atoms with van der Waals surface area (Å²) in [5.41, 5.74) is 0.967. The van der Waals surface area contributed by atoms with Gasteiger partial charge in [-0.15, -0.1) is 0 Å². The number of hydrogen-bond donors (Lipinski definition) is 1. The Kier molecular flexibility index (Phi) is 4.90. The van der Waals surface area contributed by atoms with Crippen LogP contribution >= 0.6 is 11.8 Å². The number of carbonyl (C=O) groups excluding carboxylic acids is 1. The molecule has 2 aromatic rings. The average Bonchev–Trinajstić information content (AvgIpc) is 3.35. The predicted molar refractivity (Wildman–Crippen MR) is 98.8 cm³/mol. The molecule has 1 aromatic carbocycles. The van der Waals surface area contributed by atoms with Crippen molar-refractivity contribution in [3.63, 3.8) is 0 Å². The maximum Gasteiger partial charge on any atom is 0.233 e. The molecule has 1 saturated carbocycles. The van der Waals surface area contributed by atoms with Crippen LogP contribution in [0.4, 0.5) is 0 Å². The number of fused-ring (bicyclic) bond motifs is 1. The fraction of sp³-hybridized carbons (Fsp3) is 0.526. The molecule has 1 amide bonds. The summed E-state index contributed by atoms with van der Waals surface area (Å²) in [5.74, 6) is 1.46. The number of nitrogens with zero attached hydrogens (tertiary/aromatic N) is 2. The Morgan fingerprint density at radius 1 is 1.32 bits per heavy atom. The number of hydrogen-bond acceptors (Lipinski definition) is 5. The van der Waals surface area contributed by atoms with Gasteiger partial charge in [0.15, 0.2) is 0 Å². The molecule has 25 heavy (non-hydrogen) atoms. The van der Waals surface area contributed by atoms with E-state index in [1.54, 1.807) is 0 Å². The topological polar surface area (TPSA) is 64.1 Å². The molecule has 2 aliphatic rings. The predicted octanol–water partition coefficient (Wildman–Crippen LogP) is 3.28. The molecule has 2 heterocycles. The first-order chi connectivity index (χ1) is 12.2. The zero-order valence-electron chi connectivity index (χ0n) is 14.4. The molecule has 0 bridgehead atoms. The summed E-state index contributed by atoms with van der Waals surface area (Å²) in [6.07, 6.45) is 4.62. The monoisotopic (exact) mass is 357 g/mol. The molecule has 2 atom stereocenters. The summed E-state index contributed by atoms with van der Waals surface area (Å²) in [6.45, 7) is 3.34. The number of thioether (sulfide) groups is 1. The number of ether oxygens (including phenoxy) is 1. The number of nitrogens with one attached hydrogen (secondary N) is 1. The normalized spacial score (nSPS) is 21.4. The average molecular weight is 357 g/mol. The lowest BCUT2D eigenvalue weighted by Crippen LogP contribution is -2.36. The van der Waals surface area contributed by atoms with E-state index in [2.05, 4.69) is 5.32 Å². The first-order valence-corrected chi connectivity index (χ1v) is 9.91. The van der Waals surface area contributed by atoms with Gasteiger partial charge in [-0.1, -0.05) is 30.0 Å². The van der Waals surface area contributed by atoms with E-state index in [0.717, 1.165) is 41.2 Å². The van der Waals surface area contributed by atoms with E-state index in [-0.39, 0.29) is 17.3 Å². The summed E-state index contributed by atoms with van der Waals surface area (Å²) in [6, 6.07) is 8.05. The first-order valence-electron chi connectivity index (χ1n) is 9.03. The highest BCUT2D eigenvalue weighted by atomic mass is 32.2. The fourth-order valence-electron chi connectivity index (χ4n) is 3.06. The number of aromatic nitrogens is 2. The van der Waals surface area contributed by atoms with Crippen molar-refractivity contribution < 1.29 is 9.53 Å². The third kappa shape index (κ3) is 3.96. The van der Waals surface area contributed by atoms with Gasteiger partial charge in [-0.2, -0.15) is 0 Å². The smallest absolute Gasteiger partial charge is 0.233 e. The Labute approximate surface area is 152 Å². The summed E-state index contributed by atoms with van der Waals surface area (Å²) in [5, 5.41) is 4.75. The van der Waals surface area contributed by atoms with Gasteiger partial charge in [-0.25, -0.2) is 9.97 Å². The molecule has 1 N–H and O–H groups in total. The van der Waals surface area contributed by atoms with Gasteiger partial charge in [-0.3, -0.25) is 4.79 Å². The van der Waals surface area contributed by atoms with Gasteiger partial charge >= 0.3 is 0 Å². The summed E-state index contributed by atoms with van der Waals surface area (Å²) in [7, 11) is 0. The molecule has 1 aromatic heterocycles. The number of benzene rings is 1. The molecule has 1 aliphatic heterocycles. The van der Waals surface area contributed by atoms with Gasteiger partial charge < -0.3 is 10.1 Å². The third-order valence-corrected chi connectivity index (χ3v) is 5.82. The Hall–Kier alpha value is -1.66. The van der Waals surface area contributed by atoms with E-state index < -0.39 is 0 Å². The molecule has 0 unspecified atom stereocenters. The standard InChI is InChI=1S/C19H23N3O2S/c1-12(18(23)20-11-14-5-4-10-24-14)25-19-15-6-2-3-7-16(15)21-17(22-19)13-8-9-13/h2-3,6-7,12-14H,4-5,8-11H2,1H3,(H,20,23)/t12-,14-/m0/s1. The van der Waals surface area contributed by atoms with Gasteiger partial charge in [0.05, 0.1) is 16.9 Å². The second-order valence-electron chi connectivity index (χ2n) is 6.82. The van der Waals surface area contributed by atoms with Gasteiger partial charge in [0.2, 0.25) is 5.91 Å². The molecule has 0 spiro atoms. The minimum Gasteiger partial charge on any atom is -0.376 e. The third-order valence-electron chi connectivity index (χ3n) is 4.71. The molecule has 1 saturated heterocycles. The quantitative estimate of drug-likeness (QED) is 0.635. The van der Waals surface area contributed by atoms with Crippen LogP contribution in [0.5, 0.6) is 0 Å². The van der Waals surface area contributed by atoms with Crippen molar-refractivity contribution >= 4 is 28.6 Å². The van der Waals surface area contributed by atoms with Crippen molar-refractivity contribution in [3.8, 4) is 0 Å². The van der Waals surface area contributed by atoms with Gasteiger partial charge in [0.25, 0.3) is 0 Å². The van der Waals surface area contributed by atoms with Crippen molar-refractivity contribution in [3.05, 3.63) is 30.1 Å². The second-order valence-corrected chi connectivity index (χ2v) is 8.15. The molecule has 6 heteroatoms. The number of rotatable bonds is 6. The van der Waals surface area contributed by atoms with E-state index >= 15 is 0 Å². The Balaban J connectivity index is 1.47. The zero-order valence-corrected chi connectivity index (χ0v) is 15.2. The number of amides is 1. The fourth-order valence-corrected chi connectivity index (χ4v) is 4.03. The van der Waals surface area contributed by atoms with Crippen molar-refractivity contribution in [1.29, 1.82) is 0 Å². The first kappa shape index (κ1) is 16.8. The van der Waals surface area contributed by atoms with Gasteiger partial charge in [-0.05, 0) is 38.7 Å². The molecule has 1 aliphatic carbocycles. The van der Waals surface area contributed by atoms with Crippen LogP contribution in [0.2, 0.25) is 0 Å². The highest BCUT2D eigenvalue weighted by molar-refractivity contribution is 8.00. The summed E-state index contributed by atoms with van der Waals surface area (Å²) < 4.78 is 5.57. The Bertz CT molecular complexity index is 772. The molecule has 4 rings (SSSR count). The lowest BCUT2D eigenvalue weighted by molar-refractivity contribution is -0.120. The van der Waals surface area contributed by atoms with Crippen LogP contribution < -0.4 is 5.32 Å². The Morgan fingerprint density at radius 3 is 2.92 bits per heavy atom. The van der Waals surface area contributed by atoms with Crippen LogP contribution in [0.25, 0.3) is 10.9 Å². The largest absolute Gasteiger partial charge is 0.376 e. The molecular weight excluding hydrogens is 334 g/mol. The van der Waals surface area contributed by atoms with Crippen LogP contribution in [-0.2, 0) is 9.53 Å². The lowest BCUT2D eigenvalue weighted by Gasteiger charge is -2.15. The SMILES string of the molecule is C[C@H](Sc1nc(C2CC2)nc2ccccc12)C(=O)NC[C@@H]1CCCO1. The highest BCUT2D eigenvalue weighted by Gasteiger charge is 2.28. The van der Waals surface area contributed by atoms with E-state index in [1.165, 1.54) is 24.6 Å². The van der Waals surface area contributed by atoms with Crippen LogP contribution in [0, 0.1) is 0 Å². The Morgan fingerprint density at radius 2 is 2.16 bits per heavy atom. The molecular formula is C19H23N3O2S. The van der Waals surface area contributed by atoms with E-state index in [9.17, 15) is 4.79 Å². The van der Waals surface area contributed by atoms with E-state index in [4.69, 9.17) is 14.7 Å². The van der Waals surface area contributed by atoms with Crippen LogP contribution in [0.3, 0.4) is 0 Å². The summed E-state index contributed by atoms with van der Waals surface area (Å²) >= 11 is 1.52. The van der Waals surface area contributed by atoms with Crippen molar-refractivity contribution in [2.45, 2.75) is 54.9 Å². The minimum absolute atomic E-state index is 0.0381. The molecule has 132 valence electrons. The maximum absolute atomic E-state index is 12.4. The van der Waals surface area contributed by atoms with Crippen molar-refractivity contribution in [2.24, 2.45) is 0 Å². The van der Waals surface area contributed by atoms with Gasteiger partial charge in [0, 0.05) is 24.5 Å². The lowest BCUT2D eigenvalue weighted by atomic mass is 10.2. The van der Waals surface area contributed by atoms with E-state index in [0.29, 0.717) is 12.5 Å². The van der Waals surface area contributed by atoms with E-state index in [1.807, 2.05) is 31.2 Å². The van der Waals surface area contributed by atoms with Crippen molar-refractivity contribution in [2.75, 3.05) is 13.2 Å². The molecule has 0 radical (unpaired) electrons.